The third kappa shape index (κ3) is 2.29. The molecule has 5 heteroatoms. The van der Waals surface area contributed by atoms with Gasteiger partial charge in [0.2, 0.25) is 11.8 Å². The molecule has 0 aliphatic rings. The van der Waals surface area contributed by atoms with E-state index < -0.39 is 0 Å². The molecule has 0 fully saturated rings. The van der Waals surface area contributed by atoms with Gasteiger partial charge in [-0.1, -0.05) is 28.9 Å². The Labute approximate surface area is 101 Å². The molecule has 0 aliphatic carbocycles. The van der Waals surface area contributed by atoms with Gasteiger partial charge in [0, 0.05) is 5.56 Å². The predicted molar refractivity (Wildman–Crippen MR) is 61.7 cm³/mol. The minimum Gasteiger partial charge on any atom is -0.419 e. The second kappa shape index (κ2) is 4.74. The fraction of sp³-hybridized carbons (Fsp3) is 0.273. The van der Waals surface area contributed by atoms with E-state index in [4.69, 9.17) is 4.42 Å². The number of alkyl halides is 1. The van der Waals surface area contributed by atoms with Crippen LogP contribution in [0.25, 0.3) is 11.5 Å². The number of halogens is 2. The monoisotopic (exact) mass is 284 g/mol. The van der Waals surface area contributed by atoms with Gasteiger partial charge >= 0.3 is 0 Å². The van der Waals surface area contributed by atoms with Crippen LogP contribution in [-0.4, -0.2) is 10.2 Å². The second-order valence-corrected chi connectivity index (χ2v) is 4.44. The maximum Gasteiger partial charge on any atom is 0.247 e. The van der Waals surface area contributed by atoms with Crippen molar-refractivity contribution in [2.75, 3.05) is 0 Å². The van der Waals surface area contributed by atoms with E-state index in [2.05, 4.69) is 26.1 Å². The zero-order valence-electron chi connectivity index (χ0n) is 8.65. The third-order valence-electron chi connectivity index (χ3n) is 2.14. The number of hydrogen-bond donors (Lipinski definition) is 0. The Morgan fingerprint density at radius 2 is 2.25 bits per heavy atom. The first-order chi connectivity index (χ1) is 7.70. The van der Waals surface area contributed by atoms with E-state index in [1.807, 2.05) is 6.92 Å². The first kappa shape index (κ1) is 11.3. The molecule has 1 unspecified atom stereocenters. The van der Waals surface area contributed by atoms with Crippen molar-refractivity contribution in [3.63, 3.8) is 0 Å². The van der Waals surface area contributed by atoms with Gasteiger partial charge < -0.3 is 4.42 Å². The van der Waals surface area contributed by atoms with E-state index in [1.165, 1.54) is 12.1 Å². The fourth-order valence-electron chi connectivity index (χ4n) is 1.27. The van der Waals surface area contributed by atoms with Crippen molar-refractivity contribution >= 4 is 15.9 Å². The van der Waals surface area contributed by atoms with Gasteiger partial charge in [0.05, 0.1) is 4.83 Å². The topological polar surface area (TPSA) is 38.9 Å². The van der Waals surface area contributed by atoms with Crippen LogP contribution in [0.3, 0.4) is 0 Å². The molecule has 0 aliphatic heterocycles. The van der Waals surface area contributed by atoms with Crippen LogP contribution >= 0.6 is 15.9 Å². The van der Waals surface area contributed by atoms with E-state index in [0.717, 1.165) is 6.42 Å². The molecule has 3 nitrogen and oxygen atoms in total. The molecule has 0 amide bonds. The molecule has 84 valence electrons. The van der Waals surface area contributed by atoms with E-state index in [1.54, 1.807) is 12.1 Å². The van der Waals surface area contributed by atoms with Gasteiger partial charge in [-0.2, -0.15) is 0 Å². The standard InChI is InChI=1S/C11H10BrFN2O/c1-2-9(12)11-15-14-10(16-11)7-4-3-5-8(13)6-7/h3-6,9H,2H2,1H3. The van der Waals surface area contributed by atoms with Crippen molar-refractivity contribution in [2.45, 2.75) is 18.2 Å². The van der Waals surface area contributed by atoms with E-state index in [0.29, 0.717) is 17.3 Å². The summed E-state index contributed by atoms with van der Waals surface area (Å²) >= 11 is 3.41. The summed E-state index contributed by atoms with van der Waals surface area (Å²) in [5.41, 5.74) is 0.592. The molecule has 0 bridgehead atoms. The summed E-state index contributed by atoms with van der Waals surface area (Å²) < 4.78 is 18.4. The van der Waals surface area contributed by atoms with Crippen molar-refractivity contribution in [2.24, 2.45) is 0 Å². The number of aromatic nitrogens is 2. The lowest BCUT2D eigenvalue weighted by Gasteiger charge is -1.98. The summed E-state index contributed by atoms with van der Waals surface area (Å²) in [5, 5.41) is 7.79. The Hall–Kier alpha value is -1.23. The molecule has 0 saturated carbocycles. The lowest BCUT2D eigenvalue weighted by molar-refractivity contribution is 0.500. The maximum atomic E-state index is 13.0. The van der Waals surface area contributed by atoms with E-state index in [-0.39, 0.29) is 10.6 Å². The molecule has 1 aromatic carbocycles. The second-order valence-electron chi connectivity index (χ2n) is 3.33. The van der Waals surface area contributed by atoms with E-state index >= 15 is 0 Å². The van der Waals surface area contributed by atoms with Crippen LogP contribution in [0.2, 0.25) is 0 Å². The molecule has 0 N–H and O–H groups in total. The van der Waals surface area contributed by atoms with E-state index in [9.17, 15) is 4.39 Å². The summed E-state index contributed by atoms with van der Waals surface area (Å²) in [6.45, 7) is 2.01. The molecular formula is C11H10BrFN2O. The highest BCUT2D eigenvalue weighted by Crippen LogP contribution is 2.27. The zero-order valence-corrected chi connectivity index (χ0v) is 10.2. The van der Waals surface area contributed by atoms with Crippen molar-refractivity contribution in [1.29, 1.82) is 0 Å². The van der Waals surface area contributed by atoms with Crippen LogP contribution in [0.5, 0.6) is 0 Å². The quantitative estimate of drug-likeness (QED) is 0.807. The molecular weight excluding hydrogens is 275 g/mol. The average molecular weight is 285 g/mol. The van der Waals surface area contributed by atoms with Crippen LogP contribution in [0.15, 0.2) is 28.7 Å². The molecule has 0 spiro atoms. The zero-order chi connectivity index (χ0) is 11.5. The van der Waals surface area contributed by atoms with Crippen LogP contribution in [0, 0.1) is 5.82 Å². The molecule has 2 aromatic rings. The minimum absolute atomic E-state index is 0.0438. The summed E-state index contributed by atoms with van der Waals surface area (Å²) in [6.07, 6.45) is 0.852. The van der Waals surface area contributed by atoms with Gasteiger partial charge in [-0.05, 0) is 24.6 Å². The Morgan fingerprint density at radius 3 is 2.94 bits per heavy atom. The van der Waals surface area contributed by atoms with Crippen LogP contribution in [0.4, 0.5) is 4.39 Å². The summed E-state index contributed by atoms with van der Waals surface area (Å²) in [7, 11) is 0. The largest absolute Gasteiger partial charge is 0.419 e. The number of nitrogens with zero attached hydrogens (tertiary/aromatic N) is 2. The number of benzene rings is 1. The van der Waals surface area contributed by atoms with Gasteiger partial charge in [0.15, 0.2) is 0 Å². The minimum atomic E-state index is -0.317. The van der Waals surface area contributed by atoms with Gasteiger partial charge in [0.25, 0.3) is 0 Å². The fourth-order valence-corrected chi connectivity index (χ4v) is 1.46. The molecule has 2 rings (SSSR count). The van der Waals surface area contributed by atoms with Crippen molar-refractivity contribution < 1.29 is 8.81 Å². The molecule has 0 saturated heterocycles. The Kier molecular flexibility index (Phi) is 3.33. The van der Waals surface area contributed by atoms with Crippen LogP contribution < -0.4 is 0 Å². The Balaban J connectivity index is 2.31. The van der Waals surface area contributed by atoms with Gasteiger partial charge in [-0.3, -0.25) is 0 Å². The molecule has 1 aromatic heterocycles. The van der Waals surface area contributed by atoms with Crippen LogP contribution in [-0.2, 0) is 0 Å². The molecule has 0 radical (unpaired) electrons. The van der Waals surface area contributed by atoms with Crippen molar-refractivity contribution in [3.8, 4) is 11.5 Å². The summed E-state index contributed by atoms with van der Waals surface area (Å²) in [4.78, 5) is 0.0438. The lowest BCUT2D eigenvalue weighted by Crippen LogP contribution is -1.86. The Morgan fingerprint density at radius 1 is 1.44 bits per heavy atom. The van der Waals surface area contributed by atoms with Gasteiger partial charge in [-0.25, -0.2) is 4.39 Å². The predicted octanol–water partition coefficient (Wildman–Crippen LogP) is 3.72. The maximum absolute atomic E-state index is 13.0. The number of hydrogen-bond acceptors (Lipinski definition) is 3. The molecule has 1 heterocycles. The highest BCUT2D eigenvalue weighted by Gasteiger charge is 2.14. The third-order valence-corrected chi connectivity index (χ3v) is 3.18. The summed E-state index contributed by atoms with van der Waals surface area (Å²) in [6, 6.07) is 6.09. The Bertz CT molecular complexity index is 486. The smallest absolute Gasteiger partial charge is 0.247 e. The lowest BCUT2D eigenvalue weighted by atomic mass is 10.2. The highest BCUT2D eigenvalue weighted by molar-refractivity contribution is 9.09. The summed E-state index contributed by atoms with van der Waals surface area (Å²) in [5.74, 6) is 0.539. The molecule has 16 heavy (non-hydrogen) atoms. The SMILES string of the molecule is CCC(Br)c1nnc(-c2cccc(F)c2)o1. The average Bonchev–Trinajstić information content (AvgIpc) is 2.77. The normalized spacial score (nSPS) is 12.7. The molecule has 1 atom stereocenters. The number of rotatable bonds is 3. The first-order valence-corrected chi connectivity index (χ1v) is 5.85. The van der Waals surface area contributed by atoms with Crippen LogP contribution in [0.1, 0.15) is 24.1 Å². The first-order valence-electron chi connectivity index (χ1n) is 4.94. The van der Waals surface area contributed by atoms with Crippen molar-refractivity contribution in [1.82, 2.24) is 10.2 Å². The van der Waals surface area contributed by atoms with Gasteiger partial charge in [-0.15, -0.1) is 10.2 Å². The highest BCUT2D eigenvalue weighted by atomic mass is 79.9. The van der Waals surface area contributed by atoms with Gasteiger partial charge in [0.1, 0.15) is 5.82 Å². The van der Waals surface area contributed by atoms with Crippen molar-refractivity contribution in [3.05, 3.63) is 36.0 Å².